The summed E-state index contributed by atoms with van der Waals surface area (Å²) >= 11 is 0. The first-order chi connectivity index (χ1) is 9.93. The number of aliphatic hydroxyl groups is 1. The largest absolute Gasteiger partial charge is 0.377 e. The van der Waals surface area contributed by atoms with E-state index in [1.54, 1.807) is 36.5 Å². The number of benzene rings is 1. The van der Waals surface area contributed by atoms with E-state index in [-0.39, 0.29) is 5.69 Å². The number of hydrogen-bond donors (Lipinski definition) is 1. The van der Waals surface area contributed by atoms with Gasteiger partial charge < -0.3 is 10.0 Å². The van der Waals surface area contributed by atoms with Crippen LogP contribution in [-0.2, 0) is 5.60 Å². The Morgan fingerprint density at radius 3 is 2.38 bits per heavy atom. The predicted octanol–water partition coefficient (Wildman–Crippen LogP) is 1.79. The van der Waals surface area contributed by atoms with Crippen LogP contribution >= 0.6 is 0 Å². The zero-order chi connectivity index (χ0) is 15.5. The Kier molecular flexibility index (Phi) is 4.30. The zero-order valence-corrected chi connectivity index (χ0v) is 11.9. The lowest BCUT2D eigenvalue weighted by Crippen LogP contribution is -2.39. The monoisotopic (exact) mass is 287 g/mol. The maximum atomic E-state index is 11.1. The topological polar surface area (TPSA) is 79.5 Å². The van der Waals surface area contributed by atoms with Crippen molar-refractivity contribution >= 4 is 5.69 Å². The van der Waals surface area contributed by atoms with Crippen molar-refractivity contribution in [2.75, 3.05) is 20.6 Å². The Morgan fingerprint density at radius 1 is 1.24 bits per heavy atom. The Balaban J connectivity index is 2.47. The summed E-state index contributed by atoms with van der Waals surface area (Å²) < 4.78 is 0. The van der Waals surface area contributed by atoms with Gasteiger partial charge in [0, 0.05) is 24.9 Å². The Bertz CT molecular complexity index is 614. The van der Waals surface area contributed by atoms with Gasteiger partial charge in [-0.1, -0.05) is 6.07 Å². The van der Waals surface area contributed by atoms with Gasteiger partial charge >= 0.3 is 0 Å². The molecule has 0 saturated carbocycles. The standard InChI is InChI=1S/C15H17N3O3/c1-17(2)11-15(19,14-5-3-4-10-16-14)12-6-8-13(9-7-12)18(20)21/h3-10,19H,11H2,1-2H3. The maximum absolute atomic E-state index is 11.1. The van der Waals surface area contributed by atoms with Gasteiger partial charge in [-0.2, -0.15) is 0 Å². The van der Waals surface area contributed by atoms with Crippen LogP contribution in [0.2, 0.25) is 0 Å². The van der Waals surface area contributed by atoms with E-state index in [9.17, 15) is 15.2 Å². The Hall–Kier alpha value is -2.31. The molecule has 2 aromatic rings. The minimum Gasteiger partial charge on any atom is -0.377 e. The van der Waals surface area contributed by atoms with Crippen molar-refractivity contribution in [1.82, 2.24) is 9.88 Å². The highest BCUT2D eigenvalue weighted by Crippen LogP contribution is 2.30. The lowest BCUT2D eigenvalue weighted by Gasteiger charge is -2.31. The molecule has 1 aromatic heterocycles. The highest BCUT2D eigenvalue weighted by atomic mass is 16.6. The van der Waals surface area contributed by atoms with Crippen LogP contribution in [0.25, 0.3) is 0 Å². The van der Waals surface area contributed by atoms with Crippen LogP contribution in [0.3, 0.4) is 0 Å². The van der Waals surface area contributed by atoms with Crippen LogP contribution in [-0.4, -0.2) is 40.6 Å². The van der Waals surface area contributed by atoms with Crippen molar-refractivity contribution in [2.24, 2.45) is 0 Å². The van der Waals surface area contributed by atoms with Gasteiger partial charge in [-0.3, -0.25) is 15.1 Å². The van der Waals surface area contributed by atoms with Crippen molar-refractivity contribution in [3.05, 3.63) is 70.0 Å². The Morgan fingerprint density at radius 2 is 1.90 bits per heavy atom. The van der Waals surface area contributed by atoms with Crippen molar-refractivity contribution in [2.45, 2.75) is 5.60 Å². The summed E-state index contributed by atoms with van der Waals surface area (Å²) in [5, 5.41) is 21.8. The normalized spacial score (nSPS) is 13.9. The molecule has 1 atom stereocenters. The molecule has 0 bridgehead atoms. The van der Waals surface area contributed by atoms with E-state index in [0.717, 1.165) is 0 Å². The summed E-state index contributed by atoms with van der Waals surface area (Å²) in [5.74, 6) is 0. The van der Waals surface area contributed by atoms with Crippen LogP contribution in [0.1, 0.15) is 11.3 Å². The van der Waals surface area contributed by atoms with Crippen LogP contribution in [0.15, 0.2) is 48.7 Å². The first-order valence-corrected chi connectivity index (χ1v) is 6.47. The quantitative estimate of drug-likeness (QED) is 0.670. The molecule has 21 heavy (non-hydrogen) atoms. The summed E-state index contributed by atoms with van der Waals surface area (Å²) in [6.45, 7) is 0.321. The first-order valence-electron chi connectivity index (χ1n) is 6.47. The number of aromatic nitrogens is 1. The highest BCUT2D eigenvalue weighted by Gasteiger charge is 2.33. The number of likely N-dealkylation sites (N-methyl/N-ethyl adjacent to an activating group) is 1. The molecule has 1 unspecified atom stereocenters. The number of pyridine rings is 1. The zero-order valence-electron chi connectivity index (χ0n) is 11.9. The van der Waals surface area contributed by atoms with Gasteiger partial charge in [0.1, 0.15) is 5.60 Å². The number of nitrogens with zero attached hydrogens (tertiary/aromatic N) is 3. The van der Waals surface area contributed by atoms with E-state index in [4.69, 9.17) is 0 Å². The van der Waals surface area contributed by atoms with Crippen molar-refractivity contribution in [3.63, 3.8) is 0 Å². The molecule has 110 valence electrons. The fourth-order valence-corrected chi connectivity index (χ4v) is 2.24. The number of non-ortho nitro benzene ring substituents is 1. The smallest absolute Gasteiger partial charge is 0.269 e. The predicted molar refractivity (Wildman–Crippen MR) is 78.9 cm³/mol. The number of rotatable bonds is 5. The summed E-state index contributed by atoms with van der Waals surface area (Å²) in [6.07, 6.45) is 1.61. The van der Waals surface area contributed by atoms with Crippen molar-refractivity contribution in [1.29, 1.82) is 0 Å². The first kappa shape index (κ1) is 15.1. The molecule has 0 amide bonds. The third-order valence-electron chi connectivity index (χ3n) is 3.19. The molecule has 0 aliphatic rings. The van der Waals surface area contributed by atoms with E-state index in [0.29, 0.717) is 17.8 Å². The van der Waals surface area contributed by atoms with Crippen LogP contribution in [0.4, 0.5) is 5.69 Å². The van der Waals surface area contributed by atoms with Gasteiger partial charge in [-0.25, -0.2) is 0 Å². The molecule has 0 saturated heterocycles. The molecule has 0 aliphatic carbocycles. The Labute approximate surface area is 122 Å². The van der Waals surface area contributed by atoms with Crippen LogP contribution < -0.4 is 0 Å². The molecule has 1 heterocycles. The molecule has 2 rings (SSSR count). The highest BCUT2D eigenvalue weighted by molar-refractivity contribution is 5.39. The molecule has 0 radical (unpaired) electrons. The van der Waals surface area contributed by atoms with Gasteiger partial charge in [-0.15, -0.1) is 0 Å². The molecule has 6 nitrogen and oxygen atoms in total. The minimum absolute atomic E-state index is 0.00743. The fourth-order valence-electron chi connectivity index (χ4n) is 2.24. The van der Waals surface area contributed by atoms with Gasteiger partial charge in [0.15, 0.2) is 0 Å². The van der Waals surface area contributed by atoms with Crippen LogP contribution in [0.5, 0.6) is 0 Å². The molecule has 1 N–H and O–H groups in total. The maximum Gasteiger partial charge on any atom is 0.269 e. The third kappa shape index (κ3) is 3.24. The average Bonchev–Trinajstić information content (AvgIpc) is 2.47. The van der Waals surface area contributed by atoms with E-state index >= 15 is 0 Å². The second-order valence-electron chi connectivity index (χ2n) is 5.12. The molecular weight excluding hydrogens is 270 g/mol. The molecule has 0 fully saturated rings. The van der Waals surface area contributed by atoms with Gasteiger partial charge in [0.05, 0.1) is 10.6 Å². The van der Waals surface area contributed by atoms with Crippen LogP contribution in [0, 0.1) is 10.1 Å². The second-order valence-corrected chi connectivity index (χ2v) is 5.12. The number of hydrogen-bond acceptors (Lipinski definition) is 5. The van der Waals surface area contributed by atoms with E-state index in [1.165, 1.54) is 12.1 Å². The average molecular weight is 287 g/mol. The van der Waals surface area contributed by atoms with Crippen molar-refractivity contribution in [3.8, 4) is 0 Å². The number of nitro benzene ring substituents is 1. The molecular formula is C15H17N3O3. The summed E-state index contributed by atoms with van der Waals surface area (Å²) in [4.78, 5) is 16.3. The third-order valence-corrected chi connectivity index (χ3v) is 3.19. The molecule has 0 spiro atoms. The van der Waals surface area contributed by atoms with Crippen molar-refractivity contribution < 1.29 is 10.0 Å². The van der Waals surface area contributed by atoms with E-state index < -0.39 is 10.5 Å². The summed E-state index contributed by atoms with van der Waals surface area (Å²) in [5.41, 5.74) is -0.250. The van der Waals surface area contributed by atoms with E-state index in [2.05, 4.69) is 4.98 Å². The molecule has 1 aromatic carbocycles. The number of nitro groups is 1. The van der Waals surface area contributed by atoms with Gasteiger partial charge in [0.2, 0.25) is 0 Å². The second kappa shape index (κ2) is 5.99. The lowest BCUT2D eigenvalue weighted by atomic mass is 9.89. The lowest BCUT2D eigenvalue weighted by molar-refractivity contribution is -0.384. The fraction of sp³-hybridized carbons (Fsp3) is 0.267. The van der Waals surface area contributed by atoms with E-state index in [1.807, 2.05) is 19.0 Å². The minimum atomic E-state index is -1.32. The summed E-state index contributed by atoms with van der Waals surface area (Å²) in [7, 11) is 3.69. The molecule has 0 aliphatic heterocycles. The molecule has 6 heteroatoms. The SMILES string of the molecule is CN(C)CC(O)(c1ccc([N+](=O)[O-])cc1)c1ccccn1. The summed E-state index contributed by atoms with van der Waals surface area (Å²) in [6, 6.07) is 11.2. The van der Waals surface area contributed by atoms with Gasteiger partial charge in [0.25, 0.3) is 5.69 Å². The van der Waals surface area contributed by atoms with Gasteiger partial charge in [-0.05, 0) is 43.9 Å².